The molecule has 19 heavy (non-hydrogen) atoms. The van der Waals surface area contributed by atoms with Gasteiger partial charge in [-0.25, -0.2) is 9.97 Å². The number of hydrogen-bond acceptors (Lipinski definition) is 4. The normalized spacial score (nSPS) is 11.4. The first-order chi connectivity index (χ1) is 8.79. The summed E-state index contributed by atoms with van der Waals surface area (Å²) in [6, 6.07) is 0. The van der Waals surface area contributed by atoms with E-state index in [9.17, 15) is 18.0 Å². The van der Waals surface area contributed by atoms with Crippen LogP contribution in [0.15, 0.2) is 6.33 Å². The van der Waals surface area contributed by atoms with Gasteiger partial charge in [0.2, 0.25) is 5.91 Å². The average Bonchev–Trinajstić information content (AvgIpc) is 2.28. The molecule has 0 radical (unpaired) electrons. The number of nitrogens with zero attached hydrogens (tertiary/aromatic N) is 2. The average molecular weight is 318 g/mol. The first-order valence-electron chi connectivity index (χ1n) is 4.90. The van der Waals surface area contributed by atoms with Crippen molar-refractivity contribution in [1.82, 2.24) is 9.97 Å². The zero-order chi connectivity index (χ0) is 14.5. The molecular formula is C9H8Cl2F3N3O2. The Morgan fingerprint density at radius 3 is 2.42 bits per heavy atom. The maximum atomic E-state index is 11.8. The molecule has 0 saturated heterocycles. The van der Waals surface area contributed by atoms with Crippen LogP contribution in [0.25, 0.3) is 0 Å². The van der Waals surface area contributed by atoms with E-state index < -0.39 is 18.7 Å². The molecule has 0 aliphatic heterocycles. The maximum absolute atomic E-state index is 11.8. The van der Waals surface area contributed by atoms with Gasteiger partial charge in [-0.2, -0.15) is 13.2 Å². The molecule has 0 atom stereocenters. The predicted molar refractivity (Wildman–Crippen MR) is 62.2 cm³/mol. The molecule has 1 amide bonds. The number of alkyl halides is 3. The Kier molecular flexibility index (Phi) is 5.77. The molecule has 0 saturated carbocycles. The maximum Gasteiger partial charge on any atom is 0.411 e. The van der Waals surface area contributed by atoms with Crippen LogP contribution >= 0.6 is 23.2 Å². The molecule has 5 nitrogen and oxygen atoms in total. The molecule has 1 heterocycles. The highest BCUT2D eigenvalue weighted by atomic mass is 35.5. The zero-order valence-corrected chi connectivity index (χ0v) is 10.8. The second-order valence-electron chi connectivity index (χ2n) is 3.30. The highest BCUT2D eigenvalue weighted by molar-refractivity contribution is 6.38. The van der Waals surface area contributed by atoms with Crippen LogP contribution in [0.3, 0.4) is 0 Å². The third-order valence-corrected chi connectivity index (χ3v) is 2.33. The monoisotopic (exact) mass is 317 g/mol. The van der Waals surface area contributed by atoms with Crippen molar-refractivity contribution in [3.63, 3.8) is 0 Å². The molecule has 1 aromatic heterocycles. The Hall–Kier alpha value is -1.12. The third-order valence-electron chi connectivity index (χ3n) is 1.76. The Labute approximate surface area is 116 Å². The summed E-state index contributed by atoms with van der Waals surface area (Å²) in [5.41, 5.74) is 0.00616. The standard InChI is InChI=1S/C9H8Cl2F3N3O2/c10-7-6(8(11)16-4-15-7)17-5(18)1-2-19-3-9(12,13)14/h4H,1-3H2,(H,17,18). The van der Waals surface area contributed by atoms with E-state index in [0.29, 0.717) is 0 Å². The molecule has 0 aliphatic rings. The fourth-order valence-corrected chi connectivity index (χ4v) is 1.41. The van der Waals surface area contributed by atoms with Gasteiger partial charge in [0.15, 0.2) is 10.3 Å². The minimum absolute atomic E-state index is 0.00616. The third kappa shape index (κ3) is 6.04. The van der Waals surface area contributed by atoms with E-state index in [1.54, 1.807) is 0 Å². The number of carbonyl (C=O) groups is 1. The number of amides is 1. The topological polar surface area (TPSA) is 64.1 Å². The number of hydrogen-bond donors (Lipinski definition) is 1. The second kappa shape index (κ2) is 6.88. The number of anilines is 1. The van der Waals surface area contributed by atoms with Gasteiger partial charge in [-0.1, -0.05) is 23.2 Å². The largest absolute Gasteiger partial charge is 0.411 e. The molecule has 106 valence electrons. The van der Waals surface area contributed by atoms with E-state index in [2.05, 4.69) is 20.0 Å². The lowest BCUT2D eigenvalue weighted by Crippen LogP contribution is -2.20. The number of nitrogens with one attached hydrogen (secondary N) is 1. The molecule has 0 aliphatic carbocycles. The van der Waals surface area contributed by atoms with Crippen molar-refractivity contribution in [2.24, 2.45) is 0 Å². The highest BCUT2D eigenvalue weighted by Crippen LogP contribution is 2.25. The SMILES string of the molecule is O=C(CCOCC(F)(F)F)Nc1c(Cl)ncnc1Cl. The van der Waals surface area contributed by atoms with Gasteiger partial charge in [-0.05, 0) is 0 Å². The molecule has 1 rings (SSSR count). The van der Waals surface area contributed by atoms with Gasteiger partial charge in [-0.3, -0.25) is 4.79 Å². The van der Waals surface area contributed by atoms with Gasteiger partial charge in [0.1, 0.15) is 18.6 Å². The summed E-state index contributed by atoms with van der Waals surface area (Å²) in [5, 5.41) is 2.16. The fraction of sp³-hybridized carbons (Fsp3) is 0.444. The van der Waals surface area contributed by atoms with E-state index in [-0.39, 0.29) is 29.0 Å². The van der Waals surface area contributed by atoms with Crippen LogP contribution in [0.5, 0.6) is 0 Å². The number of ether oxygens (including phenoxy) is 1. The lowest BCUT2D eigenvalue weighted by atomic mass is 10.4. The lowest BCUT2D eigenvalue weighted by molar-refractivity contribution is -0.174. The number of halogens is 5. The molecule has 0 unspecified atom stereocenters. The van der Waals surface area contributed by atoms with Crippen molar-refractivity contribution in [3.05, 3.63) is 16.6 Å². The summed E-state index contributed by atoms with van der Waals surface area (Å²) in [7, 11) is 0. The zero-order valence-electron chi connectivity index (χ0n) is 9.30. The van der Waals surface area contributed by atoms with E-state index in [1.165, 1.54) is 0 Å². The van der Waals surface area contributed by atoms with Crippen LogP contribution in [0, 0.1) is 0 Å². The number of aromatic nitrogens is 2. The van der Waals surface area contributed by atoms with Crippen molar-refractivity contribution < 1.29 is 22.7 Å². The molecule has 0 fully saturated rings. The molecule has 0 bridgehead atoms. The van der Waals surface area contributed by atoms with Crippen LogP contribution in [0.1, 0.15) is 6.42 Å². The summed E-state index contributed by atoms with van der Waals surface area (Å²) in [6.07, 6.45) is -3.60. The second-order valence-corrected chi connectivity index (χ2v) is 4.01. The Bertz CT molecular complexity index is 437. The van der Waals surface area contributed by atoms with Gasteiger partial charge in [-0.15, -0.1) is 0 Å². The quantitative estimate of drug-likeness (QED) is 0.670. The highest BCUT2D eigenvalue weighted by Gasteiger charge is 2.27. The summed E-state index contributed by atoms with van der Waals surface area (Å²) in [5.74, 6) is -0.610. The van der Waals surface area contributed by atoms with Crippen molar-refractivity contribution in [2.45, 2.75) is 12.6 Å². The molecular weight excluding hydrogens is 310 g/mol. The Morgan fingerprint density at radius 1 is 1.32 bits per heavy atom. The molecule has 10 heteroatoms. The van der Waals surface area contributed by atoms with E-state index in [1.807, 2.05) is 0 Å². The lowest BCUT2D eigenvalue weighted by Gasteiger charge is -2.09. The van der Waals surface area contributed by atoms with Gasteiger partial charge in [0.25, 0.3) is 0 Å². The van der Waals surface area contributed by atoms with E-state index in [0.717, 1.165) is 6.33 Å². The molecule has 0 aromatic carbocycles. The van der Waals surface area contributed by atoms with Gasteiger partial charge >= 0.3 is 6.18 Å². The molecule has 0 spiro atoms. The molecule has 1 aromatic rings. The molecule has 1 N–H and O–H groups in total. The van der Waals surface area contributed by atoms with Crippen molar-refractivity contribution >= 4 is 34.8 Å². The smallest absolute Gasteiger partial charge is 0.372 e. The summed E-state index contributed by atoms with van der Waals surface area (Å²) >= 11 is 11.3. The fourth-order valence-electron chi connectivity index (χ4n) is 1.00. The Morgan fingerprint density at radius 2 is 1.89 bits per heavy atom. The Balaban J connectivity index is 2.40. The first kappa shape index (κ1) is 15.9. The minimum Gasteiger partial charge on any atom is -0.372 e. The van der Waals surface area contributed by atoms with Crippen molar-refractivity contribution in [3.8, 4) is 0 Å². The van der Waals surface area contributed by atoms with E-state index >= 15 is 0 Å². The van der Waals surface area contributed by atoms with Crippen molar-refractivity contribution in [1.29, 1.82) is 0 Å². The summed E-state index contributed by atoms with van der Waals surface area (Å²) in [6.45, 7) is -1.79. The van der Waals surface area contributed by atoms with Crippen LogP contribution in [-0.4, -0.2) is 35.3 Å². The van der Waals surface area contributed by atoms with Crippen molar-refractivity contribution in [2.75, 3.05) is 18.5 Å². The summed E-state index contributed by atoms with van der Waals surface area (Å²) in [4.78, 5) is 18.6. The van der Waals surface area contributed by atoms with Gasteiger partial charge < -0.3 is 10.1 Å². The van der Waals surface area contributed by atoms with Crippen LogP contribution in [0.4, 0.5) is 18.9 Å². The van der Waals surface area contributed by atoms with Gasteiger partial charge in [0.05, 0.1) is 13.0 Å². The van der Waals surface area contributed by atoms with Crippen LogP contribution < -0.4 is 5.32 Å². The van der Waals surface area contributed by atoms with E-state index in [4.69, 9.17) is 23.2 Å². The van der Waals surface area contributed by atoms with Crippen LogP contribution in [0.2, 0.25) is 10.3 Å². The number of rotatable bonds is 5. The van der Waals surface area contributed by atoms with Crippen LogP contribution in [-0.2, 0) is 9.53 Å². The van der Waals surface area contributed by atoms with Gasteiger partial charge in [0, 0.05) is 0 Å². The summed E-state index contributed by atoms with van der Waals surface area (Å²) < 4.78 is 39.6. The predicted octanol–water partition coefficient (Wildman–Crippen LogP) is 2.69. The number of carbonyl (C=O) groups excluding carboxylic acids is 1. The minimum atomic E-state index is -4.42. The first-order valence-corrected chi connectivity index (χ1v) is 5.65.